The molecule has 15 heavy (non-hydrogen) atoms. The van der Waals surface area contributed by atoms with Gasteiger partial charge in [-0.05, 0) is 19.4 Å². The van der Waals surface area contributed by atoms with Crippen molar-refractivity contribution < 1.29 is 4.74 Å². The molecular weight excluding hydrogens is 190 g/mol. The van der Waals surface area contributed by atoms with Crippen LogP contribution in [-0.2, 0) is 18.0 Å². The quantitative estimate of drug-likeness (QED) is 0.745. The molecule has 1 aromatic heterocycles. The van der Waals surface area contributed by atoms with E-state index in [1.54, 1.807) is 0 Å². The zero-order chi connectivity index (χ0) is 11.1. The molecule has 0 amide bonds. The van der Waals surface area contributed by atoms with Crippen LogP contribution in [0.4, 0.5) is 0 Å². The molecule has 4 heteroatoms. The number of aromatic nitrogens is 2. The highest BCUT2D eigenvalue weighted by Gasteiger charge is 1.99. The Morgan fingerprint density at radius 3 is 3.00 bits per heavy atom. The summed E-state index contributed by atoms with van der Waals surface area (Å²) in [5.41, 5.74) is 1.07. The Morgan fingerprint density at radius 2 is 2.33 bits per heavy atom. The van der Waals surface area contributed by atoms with Gasteiger partial charge in [-0.15, -0.1) is 0 Å². The summed E-state index contributed by atoms with van der Waals surface area (Å²) in [6, 6.07) is 0. The lowest BCUT2D eigenvalue weighted by atomic mass is 10.2. The minimum absolute atomic E-state index is 0.591. The third-order valence-electron chi connectivity index (χ3n) is 1.99. The van der Waals surface area contributed by atoms with Gasteiger partial charge in [0.05, 0.1) is 12.0 Å². The van der Waals surface area contributed by atoms with Crippen molar-refractivity contribution >= 4 is 0 Å². The lowest BCUT2D eigenvalue weighted by Gasteiger charge is -2.04. The first-order chi connectivity index (χ1) is 7.22. The number of hydrogen-bond donors (Lipinski definition) is 1. The monoisotopic (exact) mass is 211 g/mol. The molecule has 0 radical (unpaired) electrons. The topological polar surface area (TPSA) is 39.1 Å². The maximum atomic E-state index is 5.28. The van der Waals surface area contributed by atoms with Crippen LogP contribution >= 0.6 is 0 Å². The van der Waals surface area contributed by atoms with Gasteiger partial charge in [0.15, 0.2) is 0 Å². The molecular formula is C11H21N3O. The number of rotatable bonds is 7. The minimum atomic E-state index is 0.591. The molecule has 1 rings (SSSR count). The van der Waals surface area contributed by atoms with E-state index in [0.717, 1.165) is 25.4 Å². The summed E-state index contributed by atoms with van der Waals surface area (Å²) < 4.78 is 7.23. The Bertz CT molecular complexity index is 271. The molecule has 0 aromatic carbocycles. The molecule has 4 nitrogen and oxygen atoms in total. The number of nitrogens with one attached hydrogen (secondary N) is 1. The Morgan fingerprint density at radius 1 is 1.53 bits per heavy atom. The van der Waals surface area contributed by atoms with E-state index < -0.39 is 0 Å². The van der Waals surface area contributed by atoms with Crippen LogP contribution in [0.5, 0.6) is 0 Å². The zero-order valence-corrected chi connectivity index (χ0v) is 9.86. The first-order valence-corrected chi connectivity index (χ1v) is 5.51. The molecule has 0 bridgehead atoms. The fourth-order valence-corrected chi connectivity index (χ4v) is 1.25. The van der Waals surface area contributed by atoms with E-state index in [4.69, 9.17) is 4.74 Å². The highest BCUT2D eigenvalue weighted by Crippen LogP contribution is 1.97. The summed E-state index contributed by atoms with van der Waals surface area (Å²) in [5, 5.41) is 3.35. The molecule has 0 aliphatic rings. The van der Waals surface area contributed by atoms with E-state index in [9.17, 15) is 0 Å². The Balaban J connectivity index is 2.26. The van der Waals surface area contributed by atoms with Crippen molar-refractivity contribution in [2.75, 3.05) is 13.2 Å². The molecule has 1 heterocycles. The van der Waals surface area contributed by atoms with Gasteiger partial charge >= 0.3 is 0 Å². The number of imidazole rings is 1. The van der Waals surface area contributed by atoms with Gasteiger partial charge < -0.3 is 14.6 Å². The van der Waals surface area contributed by atoms with Gasteiger partial charge in [0, 0.05) is 19.3 Å². The highest BCUT2D eigenvalue weighted by molar-refractivity contribution is 4.95. The van der Waals surface area contributed by atoms with Crippen molar-refractivity contribution in [3.63, 3.8) is 0 Å². The summed E-state index contributed by atoms with van der Waals surface area (Å²) in [5.74, 6) is 0.676. The predicted octanol–water partition coefficient (Wildman–Crippen LogP) is 1.62. The van der Waals surface area contributed by atoms with E-state index in [2.05, 4.69) is 24.1 Å². The second-order valence-corrected chi connectivity index (χ2v) is 4.03. The normalized spacial score (nSPS) is 11.2. The van der Waals surface area contributed by atoms with Crippen LogP contribution in [0.1, 0.15) is 26.5 Å². The Labute approximate surface area is 91.7 Å². The standard InChI is InChI=1S/C11H21N3O/c1-4-15-9-14-7-11(13-8-14)6-12-5-10(2)3/h7-8,10,12H,4-6,9H2,1-3H3. The van der Waals surface area contributed by atoms with Gasteiger partial charge in [-0.1, -0.05) is 13.8 Å². The van der Waals surface area contributed by atoms with Gasteiger partial charge in [-0.25, -0.2) is 4.98 Å². The van der Waals surface area contributed by atoms with E-state index >= 15 is 0 Å². The molecule has 0 atom stereocenters. The van der Waals surface area contributed by atoms with Crippen molar-refractivity contribution in [1.29, 1.82) is 0 Å². The van der Waals surface area contributed by atoms with Crippen molar-refractivity contribution in [1.82, 2.24) is 14.9 Å². The second-order valence-electron chi connectivity index (χ2n) is 4.03. The molecule has 0 saturated heterocycles. The average Bonchev–Trinajstić information content (AvgIpc) is 2.62. The van der Waals surface area contributed by atoms with Crippen molar-refractivity contribution in [2.45, 2.75) is 34.0 Å². The Hall–Kier alpha value is -0.870. The summed E-state index contributed by atoms with van der Waals surface area (Å²) >= 11 is 0. The third-order valence-corrected chi connectivity index (χ3v) is 1.99. The van der Waals surface area contributed by atoms with Crippen LogP contribution < -0.4 is 5.32 Å². The third kappa shape index (κ3) is 4.95. The summed E-state index contributed by atoms with van der Waals surface area (Å²) in [7, 11) is 0. The molecule has 0 unspecified atom stereocenters. The maximum absolute atomic E-state index is 5.28. The van der Waals surface area contributed by atoms with Gasteiger partial charge in [0.25, 0.3) is 0 Å². The highest BCUT2D eigenvalue weighted by atomic mass is 16.5. The van der Waals surface area contributed by atoms with Gasteiger partial charge in [0.2, 0.25) is 0 Å². The smallest absolute Gasteiger partial charge is 0.123 e. The summed E-state index contributed by atoms with van der Waals surface area (Å²) in [4.78, 5) is 4.29. The number of nitrogens with zero attached hydrogens (tertiary/aromatic N) is 2. The SMILES string of the molecule is CCOCn1cnc(CNCC(C)C)c1. The second kappa shape index (κ2) is 6.58. The van der Waals surface area contributed by atoms with Gasteiger partial charge in [0.1, 0.15) is 6.73 Å². The number of hydrogen-bond acceptors (Lipinski definition) is 3. The molecule has 86 valence electrons. The largest absolute Gasteiger partial charge is 0.361 e. The molecule has 1 aromatic rings. The Kier molecular flexibility index (Phi) is 5.36. The van der Waals surface area contributed by atoms with Gasteiger partial charge in [-0.3, -0.25) is 0 Å². The lowest BCUT2D eigenvalue weighted by molar-refractivity contribution is 0.0877. The molecule has 0 aliphatic heterocycles. The predicted molar refractivity (Wildman–Crippen MR) is 60.4 cm³/mol. The first-order valence-electron chi connectivity index (χ1n) is 5.51. The zero-order valence-electron chi connectivity index (χ0n) is 9.86. The molecule has 0 aliphatic carbocycles. The average molecular weight is 211 g/mol. The van der Waals surface area contributed by atoms with Crippen LogP contribution in [0, 0.1) is 5.92 Å². The van der Waals surface area contributed by atoms with Crippen LogP contribution in [0.25, 0.3) is 0 Å². The fraction of sp³-hybridized carbons (Fsp3) is 0.727. The van der Waals surface area contributed by atoms with Crippen LogP contribution in [0.3, 0.4) is 0 Å². The summed E-state index contributed by atoms with van der Waals surface area (Å²) in [6.07, 6.45) is 3.82. The van der Waals surface area contributed by atoms with Crippen LogP contribution in [0.15, 0.2) is 12.5 Å². The molecule has 0 fully saturated rings. The van der Waals surface area contributed by atoms with Crippen molar-refractivity contribution in [3.05, 3.63) is 18.2 Å². The fourth-order valence-electron chi connectivity index (χ4n) is 1.25. The molecule has 0 spiro atoms. The maximum Gasteiger partial charge on any atom is 0.123 e. The van der Waals surface area contributed by atoms with Crippen LogP contribution in [0.2, 0.25) is 0 Å². The van der Waals surface area contributed by atoms with E-state index in [-0.39, 0.29) is 0 Å². The first kappa shape index (κ1) is 12.2. The molecule has 0 saturated carbocycles. The van der Waals surface area contributed by atoms with E-state index in [1.165, 1.54) is 0 Å². The van der Waals surface area contributed by atoms with Crippen molar-refractivity contribution in [2.24, 2.45) is 5.92 Å². The molecule has 1 N–H and O–H groups in total. The minimum Gasteiger partial charge on any atom is -0.361 e. The summed E-state index contributed by atoms with van der Waals surface area (Å²) in [6.45, 7) is 9.56. The van der Waals surface area contributed by atoms with E-state index in [1.807, 2.05) is 24.0 Å². The van der Waals surface area contributed by atoms with Gasteiger partial charge in [-0.2, -0.15) is 0 Å². The number of ether oxygens (including phenoxy) is 1. The lowest BCUT2D eigenvalue weighted by Crippen LogP contribution is -2.19. The van der Waals surface area contributed by atoms with E-state index in [0.29, 0.717) is 12.6 Å². The van der Waals surface area contributed by atoms with Crippen molar-refractivity contribution in [3.8, 4) is 0 Å². The van der Waals surface area contributed by atoms with Crippen LogP contribution in [-0.4, -0.2) is 22.7 Å².